The Morgan fingerprint density at radius 3 is 2.95 bits per heavy atom. The van der Waals surface area contributed by atoms with Crippen molar-refractivity contribution in [3.8, 4) is 0 Å². The Balaban J connectivity index is 1.49. The average molecular weight is 287 g/mol. The first kappa shape index (κ1) is 14.4. The van der Waals surface area contributed by atoms with Gasteiger partial charge >= 0.3 is 0 Å². The van der Waals surface area contributed by atoms with E-state index in [2.05, 4.69) is 10.2 Å². The zero-order valence-electron chi connectivity index (χ0n) is 12.6. The van der Waals surface area contributed by atoms with Crippen LogP contribution in [0.3, 0.4) is 0 Å². The van der Waals surface area contributed by atoms with Crippen LogP contribution in [0.4, 0.5) is 5.69 Å². The number of nitrogens with one attached hydrogen (secondary N) is 1. The smallest absolute Gasteiger partial charge is 0.220 e. The van der Waals surface area contributed by atoms with Gasteiger partial charge in [-0.3, -0.25) is 9.69 Å². The van der Waals surface area contributed by atoms with Crippen LogP contribution in [0.5, 0.6) is 0 Å². The van der Waals surface area contributed by atoms with Crippen molar-refractivity contribution in [2.45, 2.75) is 50.6 Å². The lowest BCUT2D eigenvalue weighted by atomic mass is 9.99. The van der Waals surface area contributed by atoms with Gasteiger partial charge in [-0.25, -0.2) is 0 Å². The lowest BCUT2D eigenvalue weighted by molar-refractivity contribution is -0.122. The molecule has 4 nitrogen and oxygen atoms in total. The molecule has 1 aromatic carbocycles. The Bertz CT molecular complexity index is 503. The molecule has 2 atom stereocenters. The van der Waals surface area contributed by atoms with Crippen LogP contribution in [-0.4, -0.2) is 36.0 Å². The van der Waals surface area contributed by atoms with Gasteiger partial charge in [-0.15, -0.1) is 0 Å². The molecule has 4 heteroatoms. The highest BCUT2D eigenvalue weighted by Gasteiger charge is 2.35. The molecule has 21 heavy (non-hydrogen) atoms. The molecule has 0 spiro atoms. The number of nitrogens with zero attached hydrogens (tertiary/aromatic N) is 1. The van der Waals surface area contributed by atoms with Crippen LogP contribution < -0.4 is 11.1 Å². The van der Waals surface area contributed by atoms with E-state index >= 15 is 0 Å². The molecule has 1 amide bonds. The first-order valence-corrected chi connectivity index (χ1v) is 8.11. The molecule has 1 aromatic rings. The normalized spacial score (nSPS) is 25.5. The van der Waals surface area contributed by atoms with Gasteiger partial charge in [0.25, 0.3) is 0 Å². The van der Waals surface area contributed by atoms with E-state index in [-0.39, 0.29) is 5.91 Å². The molecule has 2 fully saturated rings. The second kappa shape index (κ2) is 6.48. The molecule has 2 aliphatic heterocycles. The van der Waals surface area contributed by atoms with Gasteiger partial charge in [0.1, 0.15) is 0 Å². The molecule has 2 unspecified atom stereocenters. The van der Waals surface area contributed by atoms with E-state index in [0.29, 0.717) is 18.5 Å². The maximum atomic E-state index is 12.2. The second-order valence-corrected chi connectivity index (χ2v) is 6.26. The van der Waals surface area contributed by atoms with Crippen LogP contribution in [0, 0.1) is 0 Å². The number of piperidine rings is 1. The van der Waals surface area contributed by atoms with Crippen molar-refractivity contribution in [3.63, 3.8) is 0 Å². The maximum Gasteiger partial charge on any atom is 0.220 e. The van der Waals surface area contributed by atoms with Crippen molar-refractivity contribution in [2.24, 2.45) is 0 Å². The number of fused-ring (bicyclic) bond motifs is 1. The fourth-order valence-electron chi connectivity index (χ4n) is 3.70. The monoisotopic (exact) mass is 287 g/mol. The number of anilines is 1. The van der Waals surface area contributed by atoms with Crippen molar-refractivity contribution < 1.29 is 4.79 Å². The Labute approximate surface area is 126 Å². The van der Waals surface area contributed by atoms with Crippen molar-refractivity contribution in [1.82, 2.24) is 10.2 Å². The summed E-state index contributed by atoms with van der Waals surface area (Å²) in [6.07, 6.45) is 6.19. The summed E-state index contributed by atoms with van der Waals surface area (Å²) in [5.74, 6) is 0.163. The molecular formula is C17H25N3O. The fraction of sp³-hybridized carbons (Fsp3) is 0.588. The van der Waals surface area contributed by atoms with Crippen LogP contribution >= 0.6 is 0 Å². The summed E-state index contributed by atoms with van der Waals surface area (Å²) in [4.78, 5) is 14.7. The Morgan fingerprint density at radius 2 is 2.10 bits per heavy atom. The highest BCUT2D eigenvalue weighted by Crippen LogP contribution is 2.27. The van der Waals surface area contributed by atoms with Gasteiger partial charge in [0.15, 0.2) is 0 Å². The number of nitrogens with two attached hydrogens (primary N) is 1. The number of carbonyl (C=O) groups excluding carboxylic acids is 1. The second-order valence-electron chi connectivity index (χ2n) is 6.26. The molecule has 0 saturated carbocycles. The van der Waals surface area contributed by atoms with E-state index in [4.69, 9.17) is 5.73 Å². The summed E-state index contributed by atoms with van der Waals surface area (Å²) in [7, 11) is 0. The molecule has 3 rings (SSSR count). The van der Waals surface area contributed by atoms with Gasteiger partial charge in [-0.05, 0) is 43.9 Å². The number of hydrogen-bond acceptors (Lipinski definition) is 3. The zero-order valence-corrected chi connectivity index (χ0v) is 12.6. The van der Waals surface area contributed by atoms with Crippen molar-refractivity contribution in [1.29, 1.82) is 0 Å². The number of nitrogen functional groups attached to an aromatic ring is 1. The SMILES string of the molecule is Nc1ccccc1CCC(=O)NC1CCN2CCCCC12. The van der Waals surface area contributed by atoms with Crippen LogP contribution in [0.1, 0.15) is 37.7 Å². The van der Waals surface area contributed by atoms with E-state index < -0.39 is 0 Å². The minimum absolute atomic E-state index is 0.163. The number of amides is 1. The molecule has 2 heterocycles. The van der Waals surface area contributed by atoms with Gasteiger partial charge in [0, 0.05) is 30.7 Å². The van der Waals surface area contributed by atoms with E-state index in [1.807, 2.05) is 24.3 Å². The standard InChI is InChI=1S/C17H25N3O/c18-14-6-2-1-5-13(14)8-9-17(21)19-15-10-12-20-11-4-3-7-16(15)20/h1-2,5-6,15-16H,3-4,7-12,18H2,(H,19,21). The van der Waals surface area contributed by atoms with E-state index in [1.165, 1.54) is 25.8 Å². The van der Waals surface area contributed by atoms with Crippen molar-refractivity contribution in [2.75, 3.05) is 18.8 Å². The summed E-state index contributed by atoms with van der Waals surface area (Å²) < 4.78 is 0. The molecule has 0 aromatic heterocycles. The van der Waals surface area contributed by atoms with E-state index in [9.17, 15) is 4.79 Å². The van der Waals surface area contributed by atoms with Crippen molar-refractivity contribution >= 4 is 11.6 Å². The quantitative estimate of drug-likeness (QED) is 0.832. The average Bonchev–Trinajstić information content (AvgIpc) is 2.90. The highest BCUT2D eigenvalue weighted by molar-refractivity contribution is 5.77. The molecule has 3 N–H and O–H groups in total. The third-order valence-electron chi connectivity index (χ3n) is 4.88. The van der Waals surface area contributed by atoms with Crippen molar-refractivity contribution in [3.05, 3.63) is 29.8 Å². The van der Waals surface area contributed by atoms with Gasteiger partial charge < -0.3 is 11.1 Å². The summed E-state index contributed by atoms with van der Waals surface area (Å²) in [6.45, 7) is 2.35. The molecule has 0 radical (unpaired) electrons. The number of benzene rings is 1. The minimum atomic E-state index is 0.163. The maximum absolute atomic E-state index is 12.2. The van der Waals surface area contributed by atoms with Gasteiger partial charge in [0.2, 0.25) is 5.91 Å². The fourth-order valence-corrected chi connectivity index (χ4v) is 3.70. The summed E-state index contributed by atoms with van der Waals surface area (Å²) >= 11 is 0. The molecule has 2 aliphatic rings. The molecule has 0 bridgehead atoms. The zero-order chi connectivity index (χ0) is 14.7. The first-order chi connectivity index (χ1) is 10.2. The Morgan fingerprint density at radius 1 is 1.24 bits per heavy atom. The largest absolute Gasteiger partial charge is 0.399 e. The van der Waals surface area contributed by atoms with Gasteiger partial charge in [0.05, 0.1) is 0 Å². The van der Waals surface area contributed by atoms with Gasteiger partial charge in [-0.1, -0.05) is 24.6 Å². The first-order valence-electron chi connectivity index (χ1n) is 8.11. The minimum Gasteiger partial charge on any atom is -0.399 e. The summed E-state index contributed by atoms with van der Waals surface area (Å²) in [5.41, 5.74) is 7.77. The lowest BCUT2D eigenvalue weighted by Crippen LogP contribution is -2.46. The number of carbonyl (C=O) groups is 1. The van der Waals surface area contributed by atoms with Gasteiger partial charge in [-0.2, -0.15) is 0 Å². The third-order valence-corrected chi connectivity index (χ3v) is 4.88. The number of rotatable bonds is 4. The number of hydrogen-bond donors (Lipinski definition) is 2. The summed E-state index contributed by atoms with van der Waals surface area (Å²) in [6, 6.07) is 8.72. The third kappa shape index (κ3) is 3.38. The highest BCUT2D eigenvalue weighted by atomic mass is 16.1. The van der Waals surface area contributed by atoms with Crippen LogP contribution in [0.25, 0.3) is 0 Å². The topological polar surface area (TPSA) is 58.4 Å². The molecule has 114 valence electrons. The predicted molar refractivity (Wildman–Crippen MR) is 84.9 cm³/mol. The molecular weight excluding hydrogens is 262 g/mol. The van der Waals surface area contributed by atoms with E-state index in [0.717, 1.165) is 30.6 Å². The summed E-state index contributed by atoms with van der Waals surface area (Å²) in [5, 5.41) is 3.25. The number of aryl methyl sites for hydroxylation is 1. The van der Waals surface area contributed by atoms with E-state index in [1.54, 1.807) is 0 Å². The van der Waals surface area contributed by atoms with Crippen LogP contribution in [0.2, 0.25) is 0 Å². The predicted octanol–water partition coefficient (Wildman–Crippen LogP) is 1.94. The Kier molecular flexibility index (Phi) is 4.44. The lowest BCUT2D eigenvalue weighted by Gasteiger charge is -2.32. The molecule has 2 saturated heterocycles. The Hall–Kier alpha value is -1.55. The van der Waals surface area contributed by atoms with Crippen LogP contribution in [0.15, 0.2) is 24.3 Å². The molecule has 0 aliphatic carbocycles. The number of para-hydroxylation sites is 1. The van der Waals surface area contributed by atoms with Crippen LogP contribution in [-0.2, 0) is 11.2 Å².